The number of cyclic esters (lactones) is 1. The van der Waals surface area contributed by atoms with Gasteiger partial charge in [0.25, 0.3) is 0 Å². The summed E-state index contributed by atoms with van der Waals surface area (Å²) in [6, 6.07) is 8.66. The van der Waals surface area contributed by atoms with Crippen LogP contribution in [0.3, 0.4) is 0 Å². The molecule has 0 spiro atoms. The van der Waals surface area contributed by atoms with E-state index in [-0.39, 0.29) is 12.1 Å². The molecule has 2 atom stereocenters. The minimum absolute atomic E-state index is 0.193. The van der Waals surface area contributed by atoms with E-state index < -0.39 is 0 Å². The minimum atomic E-state index is -0.258. The molecule has 1 saturated heterocycles. The van der Waals surface area contributed by atoms with E-state index >= 15 is 0 Å². The van der Waals surface area contributed by atoms with Crippen molar-refractivity contribution in [3.8, 4) is 0 Å². The zero-order valence-electron chi connectivity index (χ0n) is 13.6. The van der Waals surface area contributed by atoms with E-state index in [0.29, 0.717) is 25.1 Å². The van der Waals surface area contributed by atoms with Crippen molar-refractivity contribution in [2.75, 3.05) is 18.1 Å². The van der Waals surface area contributed by atoms with Crippen molar-refractivity contribution in [1.82, 2.24) is 10.3 Å². The van der Waals surface area contributed by atoms with Gasteiger partial charge in [-0.1, -0.05) is 12.1 Å². The first kappa shape index (κ1) is 15.6. The second kappa shape index (κ2) is 6.53. The Morgan fingerprint density at radius 1 is 1.42 bits per heavy atom. The molecule has 1 aromatic heterocycles. The summed E-state index contributed by atoms with van der Waals surface area (Å²) in [6.45, 7) is 3.25. The highest BCUT2D eigenvalue weighted by molar-refractivity contribution is 7.09. The molecule has 1 amide bonds. The number of anilines is 1. The average Bonchev–Trinajstić information content (AvgIpc) is 3.11. The first-order valence-electron chi connectivity index (χ1n) is 8.42. The number of hydrogen-bond acceptors (Lipinski definition) is 5. The van der Waals surface area contributed by atoms with Crippen LogP contribution >= 0.6 is 11.3 Å². The summed E-state index contributed by atoms with van der Waals surface area (Å²) in [7, 11) is 0. The molecule has 1 N–H and O–H groups in total. The number of thiazole rings is 1. The molecule has 2 heterocycles. The molecule has 0 unspecified atom stereocenters. The monoisotopic (exact) mass is 343 g/mol. The molecule has 1 aliphatic carbocycles. The maximum absolute atomic E-state index is 11.8. The Labute approximate surface area is 145 Å². The molecule has 1 aliphatic heterocycles. The van der Waals surface area contributed by atoms with Crippen LogP contribution in [0.1, 0.15) is 42.4 Å². The van der Waals surface area contributed by atoms with Crippen molar-refractivity contribution >= 4 is 23.1 Å². The van der Waals surface area contributed by atoms with Crippen molar-refractivity contribution in [3.05, 3.63) is 46.4 Å². The largest absolute Gasteiger partial charge is 0.447 e. The molecule has 1 aromatic carbocycles. The lowest BCUT2D eigenvalue weighted by Crippen LogP contribution is -2.27. The molecule has 4 rings (SSSR count). The number of benzene rings is 1. The number of ether oxygens (including phenoxy) is 1. The van der Waals surface area contributed by atoms with Gasteiger partial charge in [-0.05, 0) is 43.4 Å². The van der Waals surface area contributed by atoms with Gasteiger partial charge in [-0.3, -0.25) is 4.90 Å². The Morgan fingerprint density at radius 2 is 2.29 bits per heavy atom. The first-order chi connectivity index (χ1) is 11.7. The lowest BCUT2D eigenvalue weighted by molar-refractivity contribution is 0.181. The molecule has 1 saturated carbocycles. The lowest BCUT2D eigenvalue weighted by atomic mass is 10.0. The highest BCUT2D eigenvalue weighted by Crippen LogP contribution is 2.42. The van der Waals surface area contributed by atoms with Gasteiger partial charge in [0, 0.05) is 23.3 Å². The third-order valence-corrected chi connectivity index (χ3v) is 5.54. The molecule has 2 aliphatic rings. The molecule has 2 aromatic rings. The van der Waals surface area contributed by atoms with Gasteiger partial charge >= 0.3 is 6.09 Å². The Kier molecular flexibility index (Phi) is 4.24. The van der Waals surface area contributed by atoms with E-state index in [2.05, 4.69) is 29.4 Å². The molecule has 0 bridgehead atoms. The molecule has 5 nitrogen and oxygen atoms in total. The molecule has 0 radical (unpaired) electrons. The summed E-state index contributed by atoms with van der Waals surface area (Å²) >= 11 is 1.72. The predicted molar refractivity (Wildman–Crippen MR) is 94.3 cm³/mol. The lowest BCUT2D eigenvalue weighted by Gasteiger charge is -2.23. The van der Waals surface area contributed by atoms with E-state index in [4.69, 9.17) is 4.74 Å². The topological polar surface area (TPSA) is 54.5 Å². The van der Waals surface area contributed by atoms with Crippen LogP contribution in [0.4, 0.5) is 10.5 Å². The van der Waals surface area contributed by atoms with Crippen LogP contribution in [0.15, 0.2) is 35.8 Å². The number of carbonyl (C=O) groups excluding carboxylic acids is 1. The maximum Gasteiger partial charge on any atom is 0.414 e. The van der Waals surface area contributed by atoms with Crippen LogP contribution in [0, 0.1) is 5.92 Å². The van der Waals surface area contributed by atoms with Gasteiger partial charge in [-0.25, -0.2) is 9.78 Å². The van der Waals surface area contributed by atoms with E-state index in [0.717, 1.165) is 5.69 Å². The normalized spacial score (nSPS) is 20.0. The summed E-state index contributed by atoms with van der Waals surface area (Å²) in [5.74, 6) is 0.690. The van der Waals surface area contributed by atoms with Gasteiger partial charge < -0.3 is 10.1 Å². The number of nitrogens with one attached hydrogen (secondary N) is 1. The first-order valence-corrected chi connectivity index (χ1v) is 9.30. The van der Waals surface area contributed by atoms with Gasteiger partial charge in [0.1, 0.15) is 11.6 Å². The van der Waals surface area contributed by atoms with Crippen molar-refractivity contribution < 1.29 is 9.53 Å². The number of carbonyl (C=O) groups is 1. The number of aromatic nitrogens is 1. The molecule has 2 fully saturated rings. The van der Waals surface area contributed by atoms with Crippen molar-refractivity contribution in [1.29, 1.82) is 0 Å². The van der Waals surface area contributed by atoms with E-state index in [1.807, 2.05) is 23.7 Å². The van der Waals surface area contributed by atoms with Crippen molar-refractivity contribution in [2.24, 2.45) is 5.92 Å². The molecule has 24 heavy (non-hydrogen) atoms. The highest BCUT2D eigenvalue weighted by atomic mass is 32.1. The van der Waals surface area contributed by atoms with E-state index in [1.165, 1.54) is 23.4 Å². The SMILES string of the molecule is C[C@H](N[C@@H](c1nccs1)C1CC1)c1cccc(N2CCOC2=O)c1. The fourth-order valence-corrected chi connectivity index (χ4v) is 3.97. The van der Waals surface area contributed by atoms with Gasteiger partial charge in [0.05, 0.1) is 12.6 Å². The fourth-order valence-electron chi connectivity index (χ4n) is 3.18. The van der Waals surface area contributed by atoms with Gasteiger partial charge in [0.2, 0.25) is 0 Å². The average molecular weight is 343 g/mol. The number of amides is 1. The Hall–Kier alpha value is -1.92. The van der Waals surface area contributed by atoms with Crippen LogP contribution in [0.5, 0.6) is 0 Å². The van der Waals surface area contributed by atoms with Gasteiger partial charge in [-0.2, -0.15) is 0 Å². The smallest absolute Gasteiger partial charge is 0.414 e. The highest BCUT2D eigenvalue weighted by Gasteiger charge is 2.34. The minimum Gasteiger partial charge on any atom is -0.447 e. The maximum atomic E-state index is 11.8. The third kappa shape index (κ3) is 3.16. The zero-order chi connectivity index (χ0) is 16.5. The summed E-state index contributed by atoms with van der Waals surface area (Å²) in [6.07, 6.45) is 4.15. The van der Waals surface area contributed by atoms with Crippen LogP contribution in [0.2, 0.25) is 0 Å². The summed E-state index contributed by atoms with van der Waals surface area (Å²) in [4.78, 5) is 18.0. The van der Waals surface area contributed by atoms with E-state index in [1.54, 1.807) is 16.2 Å². The van der Waals surface area contributed by atoms with Crippen LogP contribution in [-0.2, 0) is 4.74 Å². The second-order valence-corrected chi connectivity index (χ2v) is 7.36. The zero-order valence-corrected chi connectivity index (χ0v) is 14.5. The standard InChI is InChI=1S/C18H21N3O2S/c1-12(20-16(13-5-6-13)17-19-7-10-24-17)14-3-2-4-15(11-14)21-8-9-23-18(21)22/h2-4,7,10-13,16,20H,5-6,8-9H2,1H3/t12-,16+/m0/s1. The number of rotatable bonds is 6. The van der Waals surface area contributed by atoms with Crippen molar-refractivity contribution in [2.45, 2.75) is 31.8 Å². The van der Waals surface area contributed by atoms with Crippen LogP contribution in [0.25, 0.3) is 0 Å². The molecular weight excluding hydrogens is 322 g/mol. The van der Waals surface area contributed by atoms with Crippen molar-refractivity contribution in [3.63, 3.8) is 0 Å². The summed E-state index contributed by atoms with van der Waals surface area (Å²) in [5, 5.41) is 6.95. The van der Waals surface area contributed by atoms with Gasteiger partial charge in [-0.15, -0.1) is 11.3 Å². The number of nitrogens with zero attached hydrogens (tertiary/aromatic N) is 2. The predicted octanol–water partition coefficient (Wildman–Crippen LogP) is 3.90. The Balaban J connectivity index is 1.51. The van der Waals surface area contributed by atoms with Gasteiger partial charge in [0.15, 0.2) is 0 Å². The van der Waals surface area contributed by atoms with Crippen LogP contribution in [-0.4, -0.2) is 24.2 Å². The quantitative estimate of drug-likeness (QED) is 0.864. The number of hydrogen-bond donors (Lipinski definition) is 1. The fraction of sp³-hybridized carbons (Fsp3) is 0.444. The Bertz CT molecular complexity index is 715. The molecule has 126 valence electrons. The summed E-state index contributed by atoms with van der Waals surface area (Å²) < 4.78 is 5.04. The van der Waals surface area contributed by atoms with Crippen LogP contribution < -0.4 is 10.2 Å². The summed E-state index contributed by atoms with van der Waals surface area (Å²) in [5.41, 5.74) is 2.08. The van der Waals surface area contributed by atoms with E-state index in [9.17, 15) is 4.79 Å². The second-order valence-electron chi connectivity index (χ2n) is 6.43. The molecule has 6 heteroatoms. The Morgan fingerprint density at radius 3 is 2.96 bits per heavy atom. The molecular formula is C18H21N3O2S. The third-order valence-electron chi connectivity index (χ3n) is 4.68.